The van der Waals surface area contributed by atoms with Crippen molar-refractivity contribution >= 4 is 29.1 Å². The molecule has 1 saturated carbocycles. The molecule has 1 aromatic rings. The van der Waals surface area contributed by atoms with E-state index in [0.29, 0.717) is 27.1 Å². The van der Waals surface area contributed by atoms with Crippen LogP contribution < -0.4 is 5.32 Å². The van der Waals surface area contributed by atoms with Gasteiger partial charge in [0.05, 0.1) is 0 Å². The smallest absolute Gasteiger partial charge is 0.251 e. The number of halogens is 2. The summed E-state index contributed by atoms with van der Waals surface area (Å²) in [7, 11) is 0. The highest BCUT2D eigenvalue weighted by molar-refractivity contribution is 6.35. The molecule has 0 radical (unpaired) electrons. The zero-order valence-corrected chi connectivity index (χ0v) is 17.9. The molecule has 0 bridgehead atoms. The summed E-state index contributed by atoms with van der Waals surface area (Å²) in [5.74, 6) is 0.804. The van der Waals surface area contributed by atoms with Crippen molar-refractivity contribution in [2.75, 3.05) is 32.8 Å². The van der Waals surface area contributed by atoms with E-state index in [0.717, 1.165) is 38.6 Å². The van der Waals surface area contributed by atoms with Gasteiger partial charge in [0.15, 0.2) is 0 Å². The quantitative estimate of drug-likeness (QED) is 0.713. The Kier molecular flexibility index (Phi) is 6.51. The van der Waals surface area contributed by atoms with Gasteiger partial charge in [-0.15, -0.1) is 0 Å². The number of rotatable bonds is 6. The number of carbonyl (C=O) groups is 1. The number of piperidine rings is 1. The Labute approximate surface area is 177 Å². The number of benzene rings is 1. The first-order valence-corrected chi connectivity index (χ1v) is 11.4. The van der Waals surface area contributed by atoms with Crippen LogP contribution >= 0.6 is 23.2 Å². The molecule has 6 heteroatoms. The van der Waals surface area contributed by atoms with E-state index < -0.39 is 0 Å². The Bertz CT molecular complexity index is 678. The molecule has 2 aliphatic heterocycles. The van der Waals surface area contributed by atoms with Gasteiger partial charge < -0.3 is 15.0 Å². The Hall–Kier alpha value is -0.810. The maximum Gasteiger partial charge on any atom is 0.251 e. The molecule has 4 nitrogen and oxygen atoms in total. The molecule has 2 saturated heterocycles. The lowest BCUT2D eigenvalue weighted by Crippen LogP contribution is -2.39. The number of ether oxygens (including phenoxy) is 1. The summed E-state index contributed by atoms with van der Waals surface area (Å²) in [5, 5.41) is 4.19. The number of likely N-dealkylation sites (tertiary alicyclic amines) is 1. The fourth-order valence-electron chi connectivity index (χ4n) is 4.89. The summed E-state index contributed by atoms with van der Waals surface area (Å²) in [5.41, 5.74) is 0.861. The standard InChI is InChI=1S/C22H30Cl2N2O2/c23-18-12-17(13-19(24)14-18)21(27)25-20-15-22(20)5-8-26(9-6-22)7-1-2-16-3-10-28-11-4-16/h12-14,16,20H,1-11,15H2,(H,25,27). The molecule has 3 aliphatic rings. The van der Waals surface area contributed by atoms with Crippen LogP contribution in [0.4, 0.5) is 0 Å². The van der Waals surface area contributed by atoms with Gasteiger partial charge in [0.1, 0.15) is 0 Å². The van der Waals surface area contributed by atoms with E-state index in [4.69, 9.17) is 27.9 Å². The SMILES string of the molecule is O=C(NC1CC12CCN(CCCC1CCOCC1)CC2)c1cc(Cl)cc(Cl)c1. The minimum absolute atomic E-state index is 0.0647. The number of nitrogens with one attached hydrogen (secondary N) is 1. The van der Waals surface area contributed by atoms with Crippen LogP contribution in [0.3, 0.4) is 0 Å². The molecule has 0 aromatic heterocycles. The van der Waals surface area contributed by atoms with E-state index in [9.17, 15) is 4.79 Å². The van der Waals surface area contributed by atoms with Gasteiger partial charge in [-0.25, -0.2) is 0 Å². The van der Waals surface area contributed by atoms with Crippen LogP contribution in [0.2, 0.25) is 10.0 Å². The number of carbonyl (C=O) groups excluding carboxylic acids is 1. The fraction of sp³-hybridized carbons (Fsp3) is 0.682. The van der Waals surface area contributed by atoms with Gasteiger partial charge in [0.25, 0.3) is 5.91 Å². The Morgan fingerprint density at radius 3 is 2.50 bits per heavy atom. The summed E-state index contributed by atoms with van der Waals surface area (Å²) < 4.78 is 5.45. The van der Waals surface area contributed by atoms with E-state index in [1.165, 1.54) is 45.1 Å². The molecular weight excluding hydrogens is 395 g/mol. The second kappa shape index (κ2) is 8.91. The van der Waals surface area contributed by atoms with Crippen LogP contribution in [-0.2, 0) is 4.74 Å². The van der Waals surface area contributed by atoms with Gasteiger partial charge in [-0.3, -0.25) is 4.79 Å². The Balaban J connectivity index is 1.18. The van der Waals surface area contributed by atoms with Crippen molar-refractivity contribution < 1.29 is 9.53 Å². The summed E-state index contributed by atoms with van der Waals surface area (Å²) in [6.45, 7) is 5.43. The van der Waals surface area contributed by atoms with E-state index >= 15 is 0 Å². The fourth-order valence-corrected chi connectivity index (χ4v) is 5.42. The Morgan fingerprint density at radius 1 is 1.14 bits per heavy atom. The minimum Gasteiger partial charge on any atom is -0.381 e. The number of nitrogens with zero attached hydrogens (tertiary/aromatic N) is 1. The van der Waals surface area contributed by atoms with Crippen LogP contribution in [-0.4, -0.2) is 49.7 Å². The van der Waals surface area contributed by atoms with E-state index in [1.54, 1.807) is 18.2 Å². The predicted molar refractivity (Wildman–Crippen MR) is 113 cm³/mol. The monoisotopic (exact) mass is 424 g/mol. The largest absolute Gasteiger partial charge is 0.381 e. The minimum atomic E-state index is -0.0647. The van der Waals surface area contributed by atoms with Crippen LogP contribution in [0.25, 0.3) is 0 Å². The van der Waals surface area contributed by atoms with Crippen LogP contribution in [0.15, 0.2) is 18.2 Å². The van der Waals surface area contributed by atoms with Crippen molar-refractivity contribution in [3.63, 3.8) is 0 Å². The Morgan fingerprint density at radius 2 is 1.82 bits per heavy atom. The van der Waals surface area contributed by atoms with Gasteiger partial charge in [-0.2, -0.15) is 0 Å². The van der Waals surface area contributed by atoms with E-state index in [1.807, 2.05) is 0 Å². The molecule has 28 heavy (non-hydrogen) atoms. The zero-order chi connectivity index (χ0) is 19.6. The van der Waals surface area contributed by atoms with Crippen molar-refractivity contribution in [1.82, 2.24) is 10.2 Å². The second-order valence-electron chi connectivity index (χ2n) is 8.79. The van der Waals surface area contributed by atoms with Gasteiger partial charge >= 0.3 is 0 Å². The van der Waals surface area contributed by atoms with Crippen molar-refractivity contribution in [3.05, 3.63) is 33.8 Å². The molecule has 154 valence electrons. The molecule has 1 aromatic carbocycles. The summed E-state index contributed by atoms with van der Waals surface area (Å²) in [6.07, 6.45) is 8.59. The zero-order valence-electron chi connectivity index (χ0n) is 16.4. The molecule has 1 unspecified atom stereocenters. The topological polar surface area (TPSA) is 41.6 Å². The van der Waals surface area contributed by atoms with Gasteiger partial charge in [-0.05, 0) is 94.1 Å². The lowest BCUT2D eigenvalue weighted by atomic mass is 9.91. The molecule has 2 heterocycles. The predicted octanol–water partition coefficient (Wildman–Crippen LogP) is 4.78. The molecule has 1 atom stereocenters. The second-order valence-corrected chi connectivity index (χ2v) is 9.66. The van der Waals surface area contributed by atoms with Crippen molar-refractivity contribution in [1.29, 1.82) is 0 Å². The average Bonchev–Trinajstić information content (AvgIpc) is 3.34. The third-order valence-corrected chi connectivity index (χ3v) is 7.34. The normalized spacial score (nSPS) is 25.0. The number of hydrogen-bond acceptors (Lipinski definition) is 3. The van der Waals surface area contributed by atoms with E-state index in [-0.39, 0.29) is 5.91 Å². The highest BCUT2D eigenvalue weighted by Gasteiger charge is 2.55. The van der Waals surface area contributed by atoms with Crippen LogP contribution in [0.5, 0.6) is 0 Å². The van der Waals surface area contributed by atoms with Crippen molar-refractivity contribution in [2.24, 2.45) is 11.3 Å². The lowest BCUT2D eigenvalue weighted by Gasteiger charge is -2.33. The summed E-state index contributed by atoms with van der Waals surface area (Å²) in [4.78, 5) is 15.1. The highest BCUT2D eigenvalue weighted by atomic mass is 35.5. The van der Waals surface area contributed by atoms with Crippen molar-refractivity contribution in [2.45, 2.75) is 51.0 Å². The molecule has 4 rings (SSSR count). The number of amides is 1. The van der Waals surface area contributed by atoms with Gasteiger partial charge in [0.2, 0.25) is 0 Å². The molecule has 3 fully saturated rings. The molecule has 1 amide bonds. The molecule has 1 N–H and O–H groups in total. The highest BCUT2D eigenvalue weighted by Crippen LogP contribution is 2.54. The van der Waals surface area contributed by atoms with Gasteiger partial charge in [-0.1, -0.05) is 23.2 Å². The summed E-state index contributed by atoms with van der Waals surface area (Å²) in [6, 6.07) is 5.30. The third kappa shape index (κ3) is 5.02. The third-order valence-electron chi connectivity index (χ3n) is 6.90. The summed E-state index contributed by atoms with van der Waals surface area (Å²) >= 11 is 12.0. The molecule has 1 aliphatic carbocycles. The maximum absolute atomic E-state index is 12.5. The molecular formula is C22H30Cl2N2O2. The van der Waals surface area contributed by atoms with E-state index in [2.05, 4.69) is 10.2 Å². The maximum atomic E-state index is 12.5. The average molecular weight is 425 g/mol. The first-order chi connectivity index (χ1) is 13.5. The lowest BCUT2D eigenvalue weighted by molar-refractivity contribution is 0.0615. The van der Waals surface area contributed by atoms with Crippen molar-refractivity contribution in [3.8, 4) is 0 Å². The first kappa shape index (κ1) is 20.5. The van der Waals surface area contributed by atoms with Gasteiger partial charge in [0, 0.05) is 34.9 Å². The van der Waals surface area contributed by atoms with Crippen LogP contribution in [0.1, 0.15) is 55.3 Å². The number of hydrogen-bond donors (Lipinski definition) is 1. The van der Waals surface area contributed by atoms with Crippen LogP contribution in [0, 0.1) is 11.3 Å². The molecule has 1 spiro atoms. The first-order valence-electron chi connectivity index (χ1n) is 10.6.